The first-order chi connectivity index (χ1) is 8.16. The van der Waals surface area contributed by atoms with Gasteiger partial charge in [0.25, 0.3) is 0 Å². The van der Waals surface area contributed by atoms with Crippen molar-refractivity contribution >= 4 is 18.5 Å². The average molecular weight is 249 g/mol. The van der Waals surface area contributed by atoms with Gasteiger partial charge < -0.3 is 4.90 Å². The molecule has 1 unspecified atom stereocenters. The van der Waals surface area contributed by atoms with E-state index in [-0.39, 0.29) is 11.2 Å². The van der Waals surface area contributed by atoms with Crippen LogP contribution in [0.15, 0.2) is 30.3 Å². The highest BCUT2D eigenvalue weighted by atomic mass is 32.1. The van der Waals surface area contributed by atoms with E-state index < -0.39 is 0 Å². The van der Waals surface area contributed by atoms with Gasteiger partial charge >= 0.3 is 0 Å². The predicted molar refractivity (Wildman–Crippen MR) is 73.3 cm³/mol. The molecule has 1 aliphatic carbocycles. The maximum atomic E-state index is 12.1. The summed E-state index contributed by atoms with van der Waals surface area (Å²) in [6.45, 7) is 0.894. The monoisotopic (exact) mass is 249 g/mol. The molecule has 0 aromatic heterocycles. The maximum absolute atomic E-state index is 12.1. The summed E-state index contributed by atoms with van der Waals surface area (Å²) in [6, 6.07) is 10.1. The fourth-order valence-electron chi connectivity index (χ4n) is 1.96. The first-order valence-corrected chi connectivity index (χ1v) is 6.65. The fraction of sp³-hybridized carbons (Fsp3) is 0.500. The summed E-state index contributed by atoms with van der Waals surface area (Å²) < 4.78 is 0. The van der Waals surface area contributed by atoms with Gasteiger partial charge in [0.15, 0.2) is 0 Å². The van der Waals surface area contributed by atoms with Crippen LogP contribution >= 0.6 is 12.6 Å². The lowest BCUT2D eigenvalue weighted by atomic mass is 10.1. The Morgan fingerprint density at radius 1 is 1.41 bits per heavy atom. The van der Waals surface area contributed by atoms with Gasteiger partial charge in [-0.25, -0.2) is 0 Å². The van der Waals surface area contributed by atoms with Crippen LogP contribution in [0.1, 0.15) is 18.4 Å². The van der Waals surface area contributed by atoms with Gasteiger partial charge in [-0.15, -0.1) is 0 Å². The van der Waals surface area contributed by atoms with Crippen LogP contribution in [0.3, 0.4) is 0 Å². The average Bonchev–Trinajstić information content (AvgIpc) is 3.13. The molecular formula is C14H19NOS. The zero-order valence-corrected chi connectivity index (χ0v) is 11.1. The zero-order valence-electron chi connectivity index (χ0n) is 10.2. The number of nitrogens with zero attached hydrogens (tertiary/aromatic N) is 1. The lowest BCUT2D eigenvalue weighted by molar-refractivity contribution is -0.129. The molecule has 92 valence electrons. The number of carbonyl (C=O) groups excluding carboxylic acids is 1. The highest BCUT2D eigenvalue weighted by molar-refractivity contribution is 7.81. The van der Waals surface area contributed by atoms with Crippen LogP contribution in [0.2, 0.25) is 0 Å². The second-order valence-corrected chi connectivity index (χ2v) is 5.49. The number of hydrogen-bond acceptors (Lipinski definition) is 2. The molecule has 2 rings (SSSR count). The number of rotatable bonds is 5. The highest BCUT2D eigenvalue weighted by Crippen LogP contribution is 2.29. The van der Waals surface area contributed by atoms with Crippen LogP contribution in [-0.2, 0) is 11.2 Å². The van der Waals surface area contributed by atoms with Crippen LogP contribution in [0, 0.1) is 5.92 Å². The Kier molecular flexibility index (Phi) is 4.11. The highest BCUT2D eigenvalue weighted by Gasteiger charge is 2.26. The molecule has 0 bridgehead atoms. The minimum atomic E-state index is -0.221. The summed E-state index contributed by atoms with van der Waals surface area (Å²) in [5.41, 5.74) is 1.17. The molecule has 17 heavy (non-hydrogen) atoms. The van der Waals surface area contributed by atoms with Gasteiger partial charge in [-0.1, -0.05) is 30.3 Å². The van der Waals surface area contributed by atoms with E-state index in [0.29, 0.717) is 6.42 Å². The Bertz CT molecular complexity index is 375. The summed E-state index contributed by atoms with van der Waals surface area (Å²) in [6.07, 6.45) is 3.25. The number of benzene rings is 1. The summed E-state index contributed by atoms with van der Waals surface area (Å²) in [5.74, 6) is 0.880. The van der Waals surface area contributed by atoms with Crippen molar-refractivity contribution in [1.82, 2.24) is 4.90 Å². The molecule has 2 nitrogen and oxygen atoms in total. The lowest BCUT2D eigenvalue weighted by Gasteiger charge is -2.20. The quantitative estimate of drug-likeness (QED) is 0.795. The molecule has 1 amide bonds. The molecule has 0 radical (unpaired) electrons. The van der Waals surface area contributed by atoms with E-state index in [0.717, 1.165) is 12.5 Å². The summed E-state index contributed by atoms with van der Waals surface area (Å²) in [7, 11) is 1.88. The third-order valence-electron chi connectivity index (χ3n) is 3.16. The third kappa shape index (κ3) is 3.77. The van der Waals surface area contributed by atoms with E-state index in [9.17, 15) is 4.79 Å². The van der Waals surface area contributed by atoms with Crippen LogP contribution in [0.25, 0.3) is 0 Å². The number of hydrogen-bond donors (Lipinski definition) is 1. The second kappa shape index (κ2) is 5.58. The normalized spacial score (nSPS) is 16.6. The van der Waals surface area contributed by atoms with E-state index >= 15 is 0 Å². The van der Waals surface area contributed by atoms with Crippen LogP contribution in [0.4, 0.5) is 0 Å². The van der Waals surface area contributed by atoms with Crippen molar-refractivity contribution in [3.05, 3.63) is 35.9 Å². The Morgan fingerprint density at radius 3 is 2.65 bits per heavy atom. The minimum absolute atomic E-state index is 0.143. The van der Waals surface area contributed by atoms with Crippen molar-refractivity contribution in [2.24, 2.45) is 5.92 Å². The van der Waals surface area contributed by atoms with Crippen molar-refractivity contribution in [3.8, 4) is 0 Å². The van der Waals surface area contributed by atoms with Gasteiger partial charge in [0.1, 0.15) is 0 Å². The summed E-state index contributed by atoms with van der Waals surface area (Å²) in [4.78, 5) is 13.9. The fourth-order valence-corrected chi connectivity index (χ4v) is 2.36. The summed E-state index contributed by atoms with van der Waals surface area (Å²) in [5, 5.41) is -0.221. The molecule has 1 saturated carbocycles. The van der Waals surface area contributed by atoms with Crippen LogP contribution in [-0.4, -0.2) is 29.6 Å². The minimum Gasteiger partial charge on any atom is -0.345 e. The molecule has 0 aliphatic heterocycles. The molecular weight excluding hydrogens is 230 g/mol. The van der Waals surface area contributed by atoms with Crippen molar-refractivity contribution < 1.29 is 4.79 Å². The Hall–Kier alpha value is -0.960. The molecule has 1 aliphatic rings. The zero-order chi connectivity index (χ0) is 12.3. The Labute approximate surface area is 108 Å². The molecule has 0 saturated heterocycles. The molecule has 0 heterocycles. The number of carbonyl (C=O) groups is 1. The van der Waals surface area contributed by atoms with Crippen molar-refractivity contribution in [2.75, 3.05) is 13.6 Å². The molecule has 1 fully saturated rings. The van der Waals surface area contributed by atoms with Crippen LogP contribution in [0.5, 0.6) is 0 Å². The van der Waals surface area contributed by atoms with Gasteiger partial charge in [0.05, 0.1) is 5.25 Å². The lowest BCUT2D eigenvalue weighted by Crippen LogP contribution is -2.36. The largest absolute Gasteiger partial charge is 0.345 e. The van der Waals surface area contributed by atoms with Gasteiger partial charge in [-0.2, -0.15) is 12.6 Å². The number of amides is 1. The maximum Gasteiger partial charge on any atom is 0.235 e. The smallest absolute Gasteiger partial charge is 0.235 e. The van der Waals surface area contributed by atoms with Gasteiger partial charge in [-0.3, -0.25) is 4.79 Å². The first kappa shape index (κ1) is 12.5. The van der Waals surface area contributed by atoms with Gasteiger partial charge in [0, 0.05) is 13.6 Å². The second-order valence-electron chi connectivity index (χ2n) is 4.87. The standard InChI is InChI=1S/C14H19NOS/c1-15(10-12-7-8-12)14(16)13(17)9-11-5-3-2-4-6-11/h2-6,12-13,17H,7-10H2,1H3. The van der Waals surface area contributed by atoms with Crippen molar-refractivity contribution in [1.29, 1.82) is 0 Å². The first-order valence-electron chi connectivity index (χ1n) is 6.14. The van der Waals surface area contributed by atoms with Crippen molar-refractivity contribution in [2.45, 2.75) is 24.5 Å². The summed E-state index contributed by atoms with van der Waals surface area (Å²) >= 11 is 4.43. The molecule has 1 atom stereocenters. The predicted octanol–water partition coefficient (Wildman–Crippen LogP) is 2.40. The van der Waals surface area contributed by atoms with E-state index in [1.807, 2.05) is 42.3 Å². The van der Waals surface area contributed by atoms with Crippen molar-refractivity contribution in [3.63, 3.8) is 0 Å². The molecule has 1 aromatic carbocycles. The van der Waals surface area contributed by atoms with Gasteiger partial charge in [-0.05, 0) is 30.7 Å². The third-order valence-corrected chi connectivity index (χ3v) is 3.57. The topological polar surface area (TPSA) is 20.3 Å². The Balaban J connectivity index is 1.85. The van der Waals surface area contributed by atoms with E-state index in [4.69, 9.17) is 0 Å². The van der Waals surface area contributed by atoms with E-state index in [1.165, 1.54) is 18.4 Å². The van der Waals surface area contributed by atoms with Crippen LogP contribution < -0.4 is 0 Å². The van der Waals surface area contributed by atoms with Gasteiger partial charge in [0.2, 0.25) is 5.91 Å². The van der Waals surface area contributed by atoms with E-state index in [2.05, 4.69) is 12.6 Å². The number of thiol groups is 1. The molecule has 0 spiro atoms. The Morgan fingerprint density at radius 2 is 2.06 bits per heavy atom. The molecule has 3 heteroatoms. The van der Waals surface area contributed by atoms with E-state index in [1.54, 1.807) is 0 Å². The SMILES string of the molecule is CN(CC1CC1)C(=O)C(S)Cc1ccccc1. The molecule has 0 N–H and O–H groups in total. The molecule has 1 aromatic rings.